The van der Waals surface area contributed by atoms with Crippen molar-refractivity contribution in [3.63, 3.8) is 0 Å². The lowest BCUT2D eigenvalue weighted by Gasteiger charge is -2.20. The smallest absolute Gasteiger partial charge is 0.138 e. The summed E-state index contributed by atoms with van der Waals surface area (Å²) in [6, 6.07) is 5.06. The molecule has 0 unspecified atom stereocenters. The number of likely N-dealkylation sites (N-methyl/N-ethyl adjacent to an activating group) is 1. The van der Waals surface area contributed by atoms with E-state index in [1.54, 1.807) is 6.07 Å². The first-order chi connectivity index (χ1) is 9.69. The summed E-state index contributed by atoms with van der Waals surface area (Å²) in [5, 5.41) is 8.70. The van der Waals surface area contributed by atoms with Gasteiger partial charge in [0, 0.05) is 19.6 Å². The summed E-state index contributed by atoms with van der Waals surface area (Å²) in [4.78, 5) is 4.73. The molecule has 1 aliphatic heterocycles. The zero-order valence-electron chi connectivity index (χ0n) is 11.9. The van der Waals surface area contributed by atoms with Gasteiger partial charge in [0.15, 0.2) is 0 Å². The van der Waals surface area contributed by atoms with Crippen molar-refractivity contribution in [3.05, 3.63) is 35.1 Å². The molecule has 3 nitrogen and oxygen atoms in total. The summed E-state index contributed by atoms with van der Waals surface area (Å²) in [5.74, 6) is 4.83. The number of aliphatic hydroxyl groups is 1. The van der Waals surface area contributed by atoms with Gasteiger partial charge < -0.3 is 10.0 Å². The molecule has 1 fully saturated rings. The molecule has 20 heavy (non-hydrogen) atoms. The van der Waals surface area contributed by atoms with Gasteiger partial charge in [0.2, 0.25) is 0 Å². The van der Waals surface area contributed by atoms with Gasteiger partial charge in [-0.2, -0.15) is 0 Å². The van der Waals surface area contributed by atoms with E-state index >= 15 is 0 Å². The van der Waals surface area contributed by atoms with E-state index in [1.807, 2.05) is 6.07 Å². The highest BCUT2D eigenvalue weighted by Crippen LogP contribution is 2.13. The van der Waals surface area contributed by atoms with E-state index < -0.39 is 0 Å². The average molecular weight is 276 g/mol. The van der Waals surface area contributed by atoms with Crippen molar-refractivity contribution in [2.45, 2.75) is 13.0 Å². The number of halogens is 1. The first-order valence-electron chi connectivity index (χ1n) is 6.98. The molecule has 1 aliphatic rings. The largest absolute Gasteiger partial charge is 0.384 e. The number of hydrogen-bond donors (Lipinski definition) is 1. The van der Waals surface area contributed by atoms with Gasteiger partial charge >= 0.3 is 0 Å². The lowest BCUT2D eigenvalue weighted by atomic mass is 10.1. The highest BCUT2D eigenvalue weighted by Gasteiger charge is 2.12. The van der Waals surface area contributed by atoms with E-state index in [0.717, 1.165) is 44.7 Å². The molecule has 0 spiro atoms. The van der Waals surface area contributed by atoms with Gasteiger partial charge in [0.05, 0.1) is 5.56 Å². The highest BCUT2D eigenvalue weighted by molar-refractivity contribution is 5.38. The van der Waals surface area contributed by atoms with Crippen LogP contribution in [0.25, 0.3) is 0 Å². The topological polar surface area (TPSA) is 26.7 Å². The van der Waals surface area contributed by atoms with Crippen LogP contribution < -0.4 is 0 Å². The number of rotatable bonds is 2. The molecule has 0 amide bonds. The van der Waals surface area contributed by atoms with Crippen LogP contribution in [0.4, 0.5) is 4.39 Å². The minimum Gasteiger partial charge on any atom is -0.384 e. The minimum atomic E-state index is -0.328. The summed E-state index contributed by atoms with van der Waals surface area (Å²) in [6.45, 7) is 4.88. The Morgan fingerprint density at radius 1 is 1.25 bits per heavy atom. The van der Waals surface area contributed by atoms with Gasteiger partial charge in [-0.25, -0.2) is 4.39 Å². The van der Waals surface area contributed by atoms with Gasteiger partial charge in [0.25, 0.3) is 0 Å². The van der Waals surface area contributed by atoms with Crippen molar-refractivity contribution in [3.8, 4) is 11.8 Å². The van der Waals surface area contributed by atoms with Crippen molar-refractivity contribution in [1.29, 1.82) is 0 Å². The summed E-state index contributed by atoms with van der Waals surface area (Å²) in [7, 11) is 2.14. The second-order valence-corrected chi connectivity index (χ2v) is 5.21. The predicted octanol–water partition coefficient (Wildman–Crippen LogP) is 1.31. The zero-order valence-corrected chi connectivity index (χ0v) is 11.9. The van der Waals surface area contributed by atoms with Gasteiger partial charge in [-0.3, -0.25) is 4.90 Å². The minimum absolute atomic E-state index is 0.248. The summed E-state index contributed by atoms with van der Waals surface area (Å²) >= 11 is 0. The molecular weight excluding hydrogens is 255 g/mol. The second kappa shape index (κ2) is 7.39. The molecule has 0 bridgehead atoms. The summed E-state index contributed by atoms with van der Waals surface area (Å²) in [5.41, 5.74) is 1.43. The number of benzene rings is 1. The Morgan fingerprint density at radius 3 is 2.90 bits per heavy atom. The first-order valence-corrected chi connectivity index (χ1v) is 6.98. The van der Waals surface area contributed by atoms with E-state index in [4.69, 9.17) is 5.11 Å². The average Bonchev–Trinajstić information content (AvgIpc) is 2.64. The van der Waals surface area contributed by atoms with Crippen LogP contribution in [-0.2, 0) is 6.54 Å². The quantitative estimate of drug-likeness (QED) is 0.825. The van der Waals surface area contributed by atoms with Gasteiger partial charge in [-0.1, -0.05) is 17.9 Å². The van der Waals surface area contributed by atoms with E-state index in [0.29, 0.717) is 5.56 Å². The molecule has 0 aromatic heterocycles. The third-order valence-corrected chi connectivity index (χ3v) is 3.55. The van der Waals surface area contributed by atoms with Crippen molar-refractivity contribution >= 4 is 0 Å². The molecule has 1 saturated heterocycles. The molecule has 4 heteroatoms. The molecule has 0 saturated carbocycles. The van der Waals surface area contributed by atoms with Crippen LogP contribution in [0.3, 0.4) is 0 Å². The van der Waals surface area contributed by atoms with E-state index in [1.165, 1.54) is 6.07 Å². The molecule has 1 N–H and O–H groups in total. The first kappa shape index (κ1) is 15.0. The molecule has 0 aliphatic carbocycles. The van der Waals surface area contributed by atoms with Crippen LogP contribution in [0.1, 0.15) is 17.5 Å². The van der Waals surface area contributed by atoms with Gasteiger partial charge in [0.1, 0.15) is 12.4 Å². The SMILES string of the molecule is CN1CCCN(Cc2ccc(F)c(C#CCO)c2)CC1. The maximum absolute atomic E-state index is 13.6. The summed E-state index contributed by atoms with van der Waals surface area (Å²) in [6.07, 6.45) is 1.16. The van der Waals surface area contributed by atoms with Crippen LogP contribution in [0.2, 0.25) is 0 Å². The Balaban J connectivity index is 2.05. The van der Waals surface area contributed by atoms with Crippen LogP contribution in [0.15, 0.2) is 18.2 Å². The maximum Gasteiger partial charge on any atom is 0.138 e. The van der Waals surface area contributed by atoms with Crippen molar-refractivity contribution in [2.24, 2.45) is 0 Å². The zero-order chi connectivity index (χ0) is 14.4. The second-order valence-electron chi connectivity index (χ2n) is 5.21. The molecular formula is C16H21FN2O. The van der Waals surface area contributed by atoms with Crippen LogP contribution >= 0.6 is 0 Å². The summed E-state index contributed by atoms with van der Waals surface area (Å²) < 4.78 is 13.6. The predicted molar refractivity (Wildman–Crippen MR) is 77.8 cm³/mol. The Hall–Kier alpha value is -1.41. The highest BCUT2D eigenvalue weighted by atomic mass is 19.1. The normalized spacial score (nSPS) is 17.4. The van der Waals surface area contributed by atoms with Crippen LogP contribution in [0.5, 0.6) is 0 Å². The Bertz CT molecular complexity index is 507. The van der Waals surface area contributed by atoms with E-state index in [-0.39, 0.29) is 12.4 Å². The lowest BCUT2D eigenvalue weighted by molar-refractivity contribution is 0.269. The van der Waals surface area contributed by atoms with Crippen molar-refractivity contribution < 1.29 is 9.50 Å². The monoisotopic (exact) mass is 276 g/mol. The third-order valence-electron chi connectivity index (χ3n) is 3.55. The lowest BCUT2D eigenvalue weighted by Crippen LogP contribution is -2.28. The molecule has 0 radical (unpaired) electrons. The molecule has 1 aromatic rings. The van der Waals surface area contributed by atoms with E-state index in [2.05, 4.69) is 28.7 Å². The van der Waals surface area contributed by atoms with Crippen molar-refractivity contribution in [2.75, 3.05) is 39.8 Å². The fraction of sp³-hybridized carbons (Fsp3) is 0.500. The maximum atomic E-state index is 13.6. The molecule has 0 atom stereocenters. The van der Waals surface area contributed by atoms with Gasteiger partial charge in [-0.05, 0) is 44.3 Å². The number of aliphatic hydroxyl groups excluding tert-OH is 1. The Kier molecular flexibility index (Phi) is 5.54. The Morgan fingerprint density at radius 2 is 2.10 bits per heavy atom. The fourth-order valence-electron chi connectivity index (χ4n) is 2.42. The van der Waals surface area contributed by atoms with Gasteiger partial charge in [-0.15, -0.1) is 0 Å². The van der Waals surface area contributed by atoms with E-state index in [9.17, 15) is 4.39 Å². The van der Waals surface area contributed by atoms with Crippen LogP contribution in [-0.4, -0.2) is 54.7 Å². The third kappa shape index (κ3) is 4.31. The molecule has 1 heterocycles. The van der Waals surface area contributed by atoms with Crippen molar-refractivity contribution in [1.82, 2.24) is 9.80 Å². The van der Waals surface area contributed by atoms with Crippen LogP contribution in [0, 0.1) is 17.7 Å². The molecule has 2 rings (SSSR count). The molecule has 1 aromatic carbocycles. The number of nitrogens with zero attached hydrogens (tertiary/aromatic N) is 2. The fourth-order valence-corrected chi connectivity index (χ4v) is 2.42. The Labute approximate surface area is 120 Å². The standard InChI is InChI=1S/C16H21FN2O/c1-18-7-3-8-19(10-9-18)13-14-5-6-16(17)15(12-14)4-2-11-20/h5-6,12,20H,3,7-11,13H2,1H3. The number of hydrogen-bond acceptors (Lipinski definition) is 3. The molecule has 108 valence electrons.